The Morgan fingerprint density at radius 2 is 2.06 bits per heavy atom. The van der Waals surface area contributed by atoms with E-state index in [1.54, 1.807) is 11.3 Å². The molecule has 3 nitrogen and oxygen atoms in total. The average Bonchev–Trinajstić information content (AvgIpc) is 2.69. The highest BCUT2D eigenvalue weighted by Gasteiger charge is 2.18. The van der Waals surface area contributed by atoms with E-state index in [-0.39, 0.29) is 6.04 Å². The van der Waals surface area contributed by atoms with Crippen LogP contribution in [-0.2, 0) is 0 Å². The van der Waals surface area contributed by atoms with Crippen molar-refractivity contribution in [1.82, 2.24) is 4.98 Å². The monoisotopic (exact) mass is 262 g/mol. The zero-order valence-electron chi connectivity index (χ0n) is 10.9. The van der Waals surface area contributed by atoms with Crippen molar-refractivity contribution in [2.45, 2.75) is 26.8 Å². The van der Waals surface area contributed by atoms with Crippen LogP contribution in [0.1, 0.15) is 34.1 Å². The number of para-hydroxylation sites is 1. The normalized spacial score (nSPS) is 12.4. The highest BCUT2D eigenvalue weighted by molar-refractivity contribution is 7.11. The standard InChI is InChI=1S/C14H18N2OS/c1-4-17-12-8-6-5-7-11(12)13(15)14-9(2)16-10(3)18-14/h5-8,13H,4,15H2,1-3H3. The summed E-state index contributed by atoms with van der Waals surface area (Å²) in [5.74, 6) is 0.859. The Balaban J connectivity index is 2.39. The predicted octanol–water partition coefficient (Wildman–Crippen LogP) is 3.21. The molecule has 18 heavy (non-hydrogen) atoms. The van der Waals surface area contributed by atoms with E-state index in [0.717, 1.165) is 26.9 Å². The molecule has 0 aliphatic carbocycles. The minimum atomic E-state index is -0.168. The van der Waals surface area contributed by atoms with E-state index in [0.29, 0.717) is 6.61 Å². The maximum atomic E-state index is 6.35. The summed E-state index contributed by atoms with van der Waals surface area (Å²) in [6.07, 6.45) is 0. The molecule has 0 bridgehead atoms. The molecule has 0 amide bonds. The molecule has 1 unspecified atom stereocenters. The Labute approximate surface area is 112 Å². The molecule has 96 valence electrons. The lowest BCUT2D eigenvalue weighted by Gasteiger charge is -2.15. The van der Waals surface area contributed by atoms with Crippen molar-refractivity contribution < 1.29 is 4.74 Å². The van der Waals surface area contributed by atoms with E-state index in [1.165, 1.54) is 0 Å². The van der Waals surface area contributed by atoms with Gasteiger partial charge in [-0.05, 0) is 26.8 Å². The van der Waals surface area contributed by atoms with E-state index < -0.39 is 0 Å². The zero-order chi connectivity index (χ0) is 13.1. The number of aryl methyl sites for hydroxylation is 2. The van der Waals surface area contributed by atoms with Crippen LogP contribution in [0.4, 0.5) is 0 Å². The molecule has 2 N–H and O–H groups in total. The van der Waals surface area contributed by atoms with E-state index in [4.69, 9.17) is 10.5 Å². The first kappa shape index (κ1) is 13.1. The lowest BCUT2D eigenvalue weighted by Crippen LogP contribution is -2.13. The van der Waals surface area contributed by atoms with Crippen LogP contribution in [0.15, 0.2) is 24.3 Å². The van der Waals surface area contributed by atoms with Crippen LogP contribution in [0, 0.1) is 13.8 Å². The molecule has 0 saturated carbocycles. The Hall–Kier alpha value is -1.39. The van der Waals surface area contributed by atoms with Crippen LogP contribution in [0.2, 0.25) is 0 Å². The van der Waals surface area contributed by atoms with E-state index in [9.17, 15) is 0 Å². The summed E-state index contributed by atoms with van der Waals surface area (Å²) in [6.45, 7) is 6.62. The summed E-state index contributed by atoms with van der Waals surface area (Å²) in [7, 11) is 0. The molecule has 1 heterocycles. The van der Waals surface area contributed by atoms with Gasteiger partial charge in [0.05, 0.1) is 23.4 Å². The van der Waals surface area contributed by atoms with Gasteiger partial charge >= 0.3 is 0 Å². The molecule has 0 saturated heterocycles. The van der Waals surface area contributed by atoms with Gasteiger partial charge in [-0.25, -0.2) is 4.98 Å². The van der Waals surface area contributed by atoms with Gasteiger partial charge in [0.2, 0.25) is 0 Å². The lowest BCUT2D eigenvalue weighted by atomic mass is 10.0. The molecule has 0 aliphatic rings. The predicted molar refractivity (Wildman–Crippen MR) is 75.2 cm³/mol. The molecule has 0 spiro atoms. The summed E-state index contributed by atoms with van der Waals surface area (Å²) in [4.78, 5) is 5.54. The van der Waals surface area contributed by atoms with Crippen molar-refractivity contribution in [3.05, 3.63) is 45.4 Å². The van der Waals surface area contributed by atoms with E-state index >= 15 is 0 Å². The molecule has 4 heteroatoms. The molecule has 1 aromatic heterocycles. The summed E-state index contributed by atoms with van der Waals surface area (Å²) >= 11 is 1.65. The quantitative estimate of drug-likeness (QED) is 0.920. The van der Waals surface area contributed by atoms with Crippen molar-refractivity contribution in [3.63, 3.8) is 0 Å². The van der Waals surface area contributed by atoms with Crippen LogP contribution in [-0.4, -0.2) is 11.6 Å². The second-order valence-corrected chi connectivity index (χ2v) is 5.37. The number of rotatable bonds is 4. The van der Waals surface area contributed by atoms with Gasteiger partial charge in [0.25, 0.3) is 0 Å². The Bertz CT molecular complexity index is 536. The van der Waals surface area contributed by atoms with Crippen LogP contribution in [0.5, 0.6) is 5.75 Å². The van der Waals surface area contributed by atoms with Gasteiger partial charge in [-0.15, -0.1) is 11.3 Å². The summed E-state index contributed by atoms with van der Waals surface area (Å²) < 4.78 is 5.63. The molecule has 2 aromatic rings. The van der Waals surface area contributed by atoms with Crippen molar-refractivity contribution in [3.8, 4) is 5.75 Å². The number of benzene rings is 1. The average molecular weight is 262 g/mol. The SMILES string of the molecule is CCOc1ccccc1C(N)c1sc(C)nc1C. The summed E-state index contributed by atoms with van der Waals surface area (Å²) in [6, 6.07) is 7.76. The second-order valence-electron chi connectivity index (χ2n) is 4.13. The number of ether oxygens (including phenoxy) is 1. The van der Waals surface area contributed by atoms with Gasteiger partial charge < -0.3 is 10.5 Å². The summed E-state index contributed by atoms with van der Waals surface area (Å²) in [5.41, 5.74) is 8.38. The van der Waals surface area contributed by atoms with Crippen LogP contribution in [0.3, 0.4) is 0 Å². The zero-order valence-corrected chi connectivity index (χ0v) is 11.8. The van der Waals surface area contributed by atoms with Gasteiger partial charge in [0, 0.05) is 10.4 Å². The number of nitrogens with zero attached hydrogens (tertiary/aromatic N) is 1. The van der Waals surface area contributed by atoms with Crippen molar-refractivity contribution in [2.24, 2.45) is 5.73 Å². The van der Waals surface area contributed by atoms with Crippen LogP contribution >= 0.6 is 11.3 Å². The highest BCUT2D eigenvalue weighted by atomic mass is 32.1. The van der Waals surface area contributed by atoms with Gasteiger partial charge in [-0.3, -0.25) is 0 Å². The maximum absolute atomic E-state index is 6.35. The van der Waals surface area contributed by atoms with Crippen LogP contribution in [0.25, 0.3) is 0 Å². The van der Waals surface area contributed by atoms with Gasteiger partial charge in [0.15, 0.2) is 0 Å². The third-order valence-corrected chi connectivity index (χ3v) is 3.93. The van der Waals surface area contributed by atoms with Crippen LogP contribution < -0.4 is 10.5 Å². The molecule has 0 fully saturated rings. The highest BCUT2D eigenvalue weighted by Crippen LogP contribution is 2.32. The topological polar surface area (TPSA) is 48.1 Å². The van der Waals surface area contributed by atoms with E-state index in [1.807, 2.05) is 45.0 Å². The first-order valence-electron chi connectivity index (χ1n) is 6.04. The molecular formula is C14H18N2OS. The Morgan fingerprint density at radius 3 is 2.67 bits per heavy atom. The van der Waals surface area contributed by atoms with Gasteiger partial charge in [-0.1, -0.05) is 18.2 Å². The number of thiazole rings is 1. The first-order chi connectivity index (χ1) is 8.63. The molecular weight excluding hydrogens is 244 g/mol. The largest absolute Gasteiger partial charge is 0.494 e. The fourth-order valence-corrected chi connectivity index (χ4v) is 2.95. The molecule has 2 rings (SSSR count). The molecule has 0 radical (unpaired) electrons. The third-order valence-electron chi connectivity index (χ3n) is 2.78. The molecule has 1 atom stereocenters. The summed E-state index contributed by atoms with van der Waals surface area (Å²) in [5, 5.41) is 1.05. The Morgan fingerprint density at radius 1 is 1.33 bits per heavy atom. The van der Waals surface area contributed by atoms with Gasteiger partial charge in [-0.2, -0.15) is 0 Å². The van der Waals surface area contributed by atoms with Crippen molar-refractivity contribution >= 4 is 11.3 Å². The number of hydrogen-bond acceptors (Lipinski definition) is 4. The number of aromatic nitrogens is 1. The first-order valence-corrected chi connectivity index (χ1v) is 6.86. The Kier molecular flexibility index (Phi) is 3.99. The van der Waals surface area contributed by atoms with Crippen molar-refractivity contribution in [1.29, 1.82) is 0 Å². The third kappa shape index (κ3) is 2.54. The minimum Gasteiger partial charge on any atom is -0.494 e. The molecule has 0 aliphatic heterocycles. The van der Waals surface area contributed by atoms with E-state index in [2.05, 4.69) is 4.98 Å². The fraction of sp³-hybridized carbons (Fsp3) is 0.357. The number of hydrogen-bond donors (Lipinski definition) is 1. The van der Waals surface area contributed by atoms with Crippen molar-refractivity contribution in [2.75, 3.05) is 6.61 Å². The molecule has 1 aromatic carbocycles. The fourth-order valence-electron chi connectivity index (χ4n) is 2.00. The van der Waals surface area contributed by atoms with Gasteiger partial charge in [0.1, 0.15) is 5.75 Å². The maximum Gasteiger partial charge on any atom is 0.124 e. The lowest BCUT2D eigenvalue weighted by molar-refractivity contribution is 0.335. The second kappa shape index (κ2) is 5.50. The smallest absolute Gasteiger partial charge is 0.124 e. The number of nitrogens with two attached hydrogens (primary N) is 1. The minimum absolute atomic E-state index is 0.168.